The van der Waals surface area contributed by atoms with Crippen molar-refractivity contribution in [3.05, 3.63) is 47.6 Å². The van der Waals surface area contributed by atoms with E-state index in [-0.39, 0.29) is 30.2 Å². The number of piperazine rings is 1. The van der Waals surface area contributed by atoms with E-state index >= 15 is 0 Å². The third-order valence-corrected chi connectivity index (χ3v) is 6.96. The van der Waals surface area contributed by atoms with Gasteiger partial charge in [-0.15, -0.1) is 0 Å². The van der Waals surface area contributed by atoms with Crippen molar-refractivity contribution in [2.45, 2.75) is 31.8 Å². The largest absolute Gasteiger partial charge is 0.375 e. The van der Waals surface area contributed by atoms with Crippen molar-refractivity contribution >= 4 is 9.84 Å². The fraction of sp³-hybridized carbons (Fsp3) is 0.556. The van der Waals surface area contributed by atoms with Crippen LogP contribution in [0.25, 0.3) is 0 Å². The highest BCUT2D eigenvalue weighted by Crippen LogP contribution is 2.29. The Morgan fingerprint density at radius 3 is 2.44 bits per heavy atom. The first kappa shape index (κ1) is 18.5. The van der Waals surface area contributed by atoms with E-state index in [1.165, 1.54) is 5.56 Å². The summed E-state index contributed by atoms with van der Waals surface area (Å²) >= 11 is 0. The summed E-state index contributed by atoms with van der Waals surface area (Å²) in [6.45, 7) is 3.12. The minimum Gasteiger partial charge on any atom is -0.375 e. The number of aromatic nitrogens is 2. The van der Waals surface area contributed by atoms with Crippen LogP contribution in [0, 0.1) is 0 Å². The Morgan fingerprint density at radius 1 is 1.11 bits per heavy atom. The first-order chi connectivity index (χ1) is 13.0. The summed E-state index contributed by atoms with van der Waals surface area (Å²) in [4.78, 5) is 8.80. The molecule has 2 saturated heterocycles. The number of ether oxygens (including phenoxy) is 1. The molecule has 2 aromatic rings. The van der Waals surface area contributed by atoms with E-state index in [0.29, 0.717) is 18.3 Å². The van der Waals surface area contributed by atoms with E-state index in [9.17, 15) is 8.42 Å². The fourth-order valence-corrected chi connectivity index (χ4v) is 6.07. The van der Waals surface area contributed by atoms with Crippen LogP contribution in [-0.2, 0) is 34.3 Å². The van der Waals surface area contributed by atoms with Gasteiger partial charge in [0.25, 0.3) is 5.89 Å². The quantitative estimate of drug-likeness (QED) is 0.710. The first-order valence-electron chi connectivity index (χ1n) is 9.07. The Bertz CT molecular complexity index is 870. The van der Waals surface area contributed by atoms with Crippen LogP contribution in [0.5, 0.6) is 0 Å². The van der Waals surface area contributed by atoms with Crippen molar-refractivity contribution in [2.24, 2.45) is 0 Å². The molecule has 9 heteroatoms. The summed E-state index contributed by atoms with van der Waals surface area (Å²) in [5.74, 6) is 1.40. The maximum absolute atomic E-state index is 12.4. The topological polar surface area (TPSA) is 88.8 Å². The van der Waals surface area contributed by atoms with E-state index < -0.39 is 9.84 Å². The molecule has 2 atom stereocenters. The Labute approximate surface area is 159 Å². The summed E-state index contributed by atoms with van der Waals surface area (Å²) in [7, 11) is -1.48. The molecule has 2 aliphatic rings. The number of benzene rings is 1. The molecule has 1 aromatic carbocycles. The van der Waals surface area contributed by atoms with Gasteiger partial charge in [-0.05, 0) is 5.56 Å². The van der Waals surface area contributed by atoms with Crippen LogP contribution < -0.4 is 0 Å². The van der Waals surface area contributed by atoms with Gasteiger partial charge in [-0.25, -0.2) is 8.42 Å². The number of rotatable bonds is 6. The molecule has 0 saturated carbocycles. The molecule has 0 radical (unpaired) electrons. The summed E-state index contributed by atoms with van der Waals surface area (Å²) in [6, 6.07) is 10.1. The van der Waals surface area contributed by atoms with Gasteiger partial charge < -0.3 is 9.26 Å². The van der Waals surface area contributed by atoms with Crippen molar-refractivity contribution in [3.63, 3.8) is 0 Å². The normalized spacial score (nSPS) is 25.5. The number of nitrogens with zero attached hydrogens (tertiary/aromatic N) is 4. The molecule has 0 spiro atoms. The maximum Gasteiger partial charge on any atom is 0.252 e. The molecule has 1 aromatic heterocycles. The monoisotopic (exact) mass is 392 g/mol. The number of methoxy groups -OCH3 is 1. The molecule has 3 heterocycles. The predicted molar refractivity (Wildman–Crippen MR) is 98.5 cm³/mol. The summed E-state index contributed by atoms with van der Waals surface area (Å²) < 4.78 is 34.9. The zero-order valence-corrected chi connectivity index (χ0v) is 16.1. The van der Waals surface area contributed by atoms with E-state index in [0.717, 1.165) is 19.6 Å². The molecule has 27 heavy (non-hydrogen) atoms. The molecule has 0 bridgehead atoms. The summed E-state index contributed by atoms with van der Waals surface area (Å²) in [5.41, 5.74) is 1.20. The van der Waals surface area contributed by atoms with E-state index in [4.69, 9.17) is 9.26 Å². The standard InChI is InChI=1S/C18H24N4O4S/c1-25-11-18-19-17(20-26-18)10-22-8-7-21(9-14-5-3-2-4-6-14)15-12-27(23,24)13-16(15)22/h2-6,15-16H,7-13H2,1H3/t15-,16+/m1/s1. The van der Waals surface area contributed by atoms with Gasteiger partial charge in [-0.2, -0.15) is 4.98 Å². The lowest BCUT2D eigenvalue weighted by Crippen LogP contribution is -2.58. The molecule has 0 N–H and O–H groups in total. The lowest BCUT2D eigenvalue weighted by atomic mass is 10.0. The third-order valence-electron chi connectivity index (χ3n) is 5.26. The molecule has 0 unspecified atom stereocenters. The average molecular weight is 392 g/mol. The first-order valence-corrected chi connectivity index (χ1v) is 10.9. The van der Waals surface area contributed by atoms with Crippen LogP contribution in [0.15, 0.2) is 34.9 Å². The number of sulfone groups is 1. The highest BCUT2D eigenvalue weighted by atomic mass is 32.2. The van der Waals surface area contributed by atoms with Gasteiger partial charge in [-0.1, -0.05) is 35.5 Å². The Balaban J connectivity index is 1.49. The van der Waals surface area contributed by atoms with Crippen molar-refractivity contribution < 1.29 is 17.7 Å². The molecule has 2 fully saturated rings. The Morgan fingerprint density at radius 2 is 1.78 bits per heavy atom. The molecular formula is C18H24N4O4S. The smallest absolute Gasteiger partial charge is 0.252 e. The van der Waals surface area contributed by atoms with Crippen molar-refractivity contribution in [1.29, 1.82) is 0 Å². The SMILES string of the molecule is COCc1nc(CN2CCN(Cc3ccccc3)[C@@H]3CS(=O)(=O)C[C@@H]32)no1. The number of hydrogen-bond acceptors (Lipinski definition) is 8. The molecular weight excluding hydrogens is 368 g/mol. The summed E-state index contributed by atoms with van der Waals surface area (Å²) in [6.07, 6.45) is 0. The lowest BCUT2D eigenvalue weighted by molar-refractivity contribution is 0.0336. The van der Waals surface area contributed by atoms with Gasteiger partial charge in [-0.3, -0.25) is 9.80 Å². The third kappa shape index (κ3) is 4.21. The zero-order chi connectivity index (χ0) is 18.9. The molecule has 0 aliphatic carbocycles. The van der Waals surface area contributed by atoms with Gasteiger partial charge in [0.15, 0.2) is 15.7 Å². The van der Waals surface area contributed by atoms with Gasteiger partial charge in [0, 0.05) is 38.8 Å². The lowest BCUT2D eigenvalue weighted by Gasteiger charge is -2.43. The van der Waals surface area contributed by atoms with E-state index in [1.807, 2.05) is 18.2 Å². The minimum atomic E-state index is -3.05. The van der Waals surface area contributed by atoms with E-state index in [1.54, 1.807) is 7.11 Å². The van der Waals surface area contributed by atoms with Crippen molar-refractivity contribution in [2.75, 3.05) is 31.7 Å². The molecule has 146 valence electrons. The second-order valence-electron chi connectivity index (χ2n) is 7.18. The highest BCUT2D eigenvalue weighted by Gasteiger charge is 2.46. The number of fused-ring (bicyclic) bond motifs is 1. The molecule has 2 aliphatic heterocycles. The molecule has 8 nitrogen and oxygen atoms in total. The zero-order valence-electron chi connectivity index (χ0n) is 15.3. The van der Waals surface area contributed by atoms with Crippen molar-refractivity contribution in [3.8, 4) is 0 Å². The summed E-state index contributed by atoms with van der Waals surface area (Å²) in [5, 5.41) is 4.00. The van der Waals surface area contributed by atoms with Gasteiger partial charge in [0.05, 0.1) is 18.1 Å². The van der Waals surface area contributed by atoms with Crippen molar-refractivity contribution in [1.82, 2.24) is 19.9 Å². The van der Waals surface area contributed by atoms with Crippen LogP contribution in [-0.4, -0.2) is 72.1 Å². The fourth-order valence-electron chi connectivity index (χ4n) is 4.03. The van der Waals surface area contributed by atoms with Crippen LogP contribution in [0.4, 0.5) is 0 Å². The van der Waals surface area contributed by atoms with E-state index in [2.05, 4.69) is 32.1 Å². The Hall–Kier alpha value is -1.81. The average Bonchev–Trinajstić information content (AvgIpc) is 3.21. The van der Waals surface area contributed by atoms with Crippen LogP contribution >= 0.6 is 0 Å². The molecule has 0 amide bonds. The maximum atomic E-state index is 12.4. The Kier molecular flexibility index (Phi) is 5.27. The van der Waals surface area contributed by atoms with Crippen LogP contribution in [0.2, 0.25) is 0 Å². The van der Waals surface area contributed by atoms with Crippen LogP contribution in [0.3, 0.4) is 0 Å². The molecule has 4 rings (SSSR count). The van der Waals surface area contributed by atoms with Gasteiger partial charge in [0.2, 0.25) is 0 Å². The number of hydrogen-bond donors (Lipinski definition) is 0. The second-order valence-corrected chi connectivity index (χ2v) is 9.33. The van der Waals surface area contributed by atoms with Gasteiger partial charge in [0.1, 0.15) is 6.61 Å². The van der Waals surface area contributed by atoms with Crippen LogP contribution in [0.1, 0.15) is 17.3 Å². The van der Waals surface area contributed by atoms with Gasteiger partial charge >= 0.3 is 0 Å². The minimum absolute atomic E-state index is 0.00528. The predicted octanol–water partition coefficient (Wildman–Crippen LogP) is 0.699. The second kappa shape index (κ2) is 7.67. The highest BCUT2D eigenvalue weighted by molar-refractivity contribution is 7.91.